The first-order chi connectivity index (χ1) is 11.1. The lowest BCUT2D eigenvalue weighted by Gasteiger charge is -2.12. The van der Waals surface area contributed by atoms with Gasteiger partial charge in [0.1, 0.15) is 5.15 Å². The number of hydrogen-bond donors (Lipinski definition) is 0. The Bertz CT molecular complexity index is 791. The van der Waals surface area contributed by atoms with E-state index in [9.17, 15) is 4.79 Å². The highest BCUT2D eigenvalue weighted by Crippen LogP contribution is 2.17. The SMILES string of the molecule is Cc1s/c(=N\C(=O)c2cccnc2Cl)n(CC2CCCO2)c1C. The van der Waals surface area contributed by atoms with E-state index >= 15 is 0 Å². The third kappa shape index (κ3) is 3.54. The van der Waals surface area contributed by atoms with E-state index in [2.05, 4.69) is 14.5 Å². The molecule has 1 saturated heterocycles. The largest absolute Gasteiger partial charge is 0.376 e. The topological polar surface area (TPSA) is 56.5 Å². The third-order valence-corrected chi connectivity index (χ3v) is 5.38. The van der Waals surface area contributed by atoms with Gasteiger partial charge in [-0.25, -0.2) is 4.98 Å². The van der Waals surface area contributed by atoms with Crippen LogP contribution in [0.25, 0.3) is 0 Å². The van der Waals surface area contributed by atoms with Crippen molar-refractivity contribution in [2.24, 2.45) is 4.99 Å². The molecule has 3 rings (SSSR count). The van der Waals surface area contributed by atoms with Crippen molar-refractivity contribution in [1.29, 1.82) is 0 Å². The molecule has 2 aromatic heterocycles. The van der Waals surface area contributed by atoms with Gasteiger partial charge in [-0.2, -0.15) is 4.99 Å². The lowest BCUT2D eigenvalue weighted by molar-refractivity contribution is 0.0945. The van der Waals surface area contributed by atoms with E-state index in [-0.39, 0.29) is 17.2 Å². The quantitative estimate of drug-likeness (QED) is 0.798. The average molecular weight is 352 g/mol. The summed E-state index contributed by atoms with van der Waals surface area (Å²) in [5.41, 5.74) is 1.44. The Balaban J connectivity index is 1.97. The number of pyridine rings is 1. The number of thiazole rings is 1. The minimum absolute atomic E-state index is 0.178. The van der Waals surface area contributed by atoms with Crippen molar-refractivity contribution in [3.8, 4) is 0 Å². The molecular weight excluding hydrogens is 334 g/mol. The van der Waals surface area contributed by atoms with Crippen LogP contribution in [0.3, 0.4) is 0 Å². The van der Waals surface area contributed by atoms with Crippen molar-refractivity contribution < 1.29 is 9.53 Å². The number of hydrogen-bond acceptors (Lipinski definition) is 4. The number of nitrogens with zero attached hydrogens (tertiary/aromatic N) is 3. The lowest BCUT2D eigenvalue weighted by atomic mass is 10.2. The number of aromatic nitrogens is 2. The van der Waals surface area contributed by atoms with Gasteiger partial charge in [-0.3, -0.25) is 4.79 Å². The highest BCUT2D eigenvalue weighted by atomic mass is 35.5. The van der Waals surface area contributed by atoms with Crippen LogP contribution in [0.4, 0.5) is 0 Å². The minimum Gasteiger partial charge on any atom is -0.376 e. The van der Waals surface area contributed by atoms with Gasteiger partial charge in [-0.1, -0.05) is 11.6 Å². The fourth-order valence-corrected chi connectivity index (χ4v) is 3.76. The van der Waals surface area contributed by atoms with Gasteiger partial charge in [0.25, 0.3) is 5.91 Å². The van der Waals surface area contributed by atoms with Crippen molar-refractivity contribution in [3.05, 3.63) is 44.4 Å². The molecule has 1 fully saturated rings. The second kappa shape index (κ2) is 6.95. The molecule has 23 heavy (non-hydrogen) atoms. The smallest absolute Gasteiger partial charge is 0.282 e. The van der Waals surface area contributed by atoms with E-state index in [1.807, 2.05) is 13.8 Å². The molecule has 1 amide bonds. The molecule has 122 valence electrons. The van der Waals surface area contributed by atoms with E-state index < -0.39 is 0 Å². The molecule has 1 aliphatic rings. The molecular formula is C16H18ClN3O2S. The third-order valence-electron chi connectivity index (χ3n) is 3.99. The molecule has 0 N–H and O–H groups in total. The maximum atomic E-state index is 12.4. The number of halogens is 1. The Hall–Kier alpha value is -1.50. The van der Waals surface area contributed by atoms with Crippen LogP contribution in [0.2, 0.25) is 5.15 Å². The maximum absolute atomic E-state index is 12.4. The van der Waals surface area contributed by atoms with Gasteiger partial charge in [0, 0.05) is 23.4 Å². The molecule has 1 atom stereocenters. The Morgan fingerprint density at radius 2 is 2.39 bits per heavy atom. The number of carbonyl (C=O) groups is 1. The first kappa shape index (κ1) is 16.4. The summed E-state index contributed by atoms with van der Waals surface area (Å²) in [5, 5.41) is 0.178. The van der Waals surface area contributed by atoms with E-state index in [1.165, 1.54) is 11.3 Å². The van der Waals surface area contributed by atoms with Gasteiger partial charge in [-0.05, 0) is 38.8 Å². The number of amides is 1. The molecule has 0 bridgehead atoms. The van der Waals surface area contributed by atoms with Crippen LogP contribution >= 0.6 is 22.9 Å². The average Bonchev–Trinajstić information content (AvgIpc) is 3.12. The van der Waals surface area contributed by atoms with Crippen molar-refractivity contribution in [2.45, 2.75) is 39.3 Å². The Labute approximate surface area is 143 Å². The summed E-state index contributed by atoms with van der Waals surface area (Å²) in [7, 11) is 0. The Kier molecular flexibility index (Phi) is 4.94. The number of rotatable bonds is 3. The summed E-state index contributed by atoms with van der Waals surface area (Å²) >= 11 is 7.49. The summed E-state index contributed by atoms with van der Waals surface area (Å²) in [5.74, 6) is -0.370. The van der Waals surface area contributed by atoms with Crippen LogP contribution in [-0.4, -0.2) is 28.2 Å². The highest BCUT2D eigenvalue weighted by Gasteiger charge is 2.19. The first-order valence-electron chi connectivity index (χ1n) is 7.54. The molecule has 0 spiro atoms. The molecule has 0 radical (unpaired) electrons. The van der Waals surface area contributed by atoms with Gasteiger partial charge < -0.3 is 9.30 Å². The molecule has 0 saturated carbocycles. The molecule has 3 heterocycles. The molecule has 0 aromatic carbocycles. The highest BCUT2D eigenvalue weighted by molar-refractivity contribution is 7.09. The zero-order valence-electron chi connectivity index (χ0n) is 13.1. The van der Waals surface area contributed by atoms with Crippen LogP contribution in [0, 0.1) is 13.8 Å². The van der Waals surface area contributed by atoms with E-state index in [0.29, 0.717) is 10.4 Å². The van der Waals surface area contributed by atoms with Crippen LogP contribution in [0.1, 0.15) is 33.8 Å². The summed E-state index contributed by atoms with van der Waals surface area (Å²) in [4.78, 5) is 22.4. The predicted molar refractivity (Wildman–Crippen MR) is 89.9 cm³/mol. The second-order valence-electron chi connectivity index (χ2n) is 5.53. The van der Waals surface area contributed by atoms with Crippen molar-refractivity contribution in [3.63, 3.8) is 0 Å². The van der Waals surface area contributed by atoms with E-state index in [0.717, 1.165) is 36.6 Å². The molecule has 7 heteroatoms. The zero-order chi connectivity index (χ0) is 16.4. The fourth-order valence-electron chi connectivity index (χ4n) is 2.58. The van der Waals surface area contributed by atoms with Crippen LogP contribution in [0.15, 0.2) is 23.3 Å². The normalized spacial score (nSPS) is 18.6. The summed E-state index contributed by atoms with van der Waals surface area (Å²) < 4.78 is 7.78. The standard InChI is InChI=1S/C16H18ClN3O2S/c1-10-11(2)23-16(20(10)9-12-5-4-8-22-12)19-15(21)13-6-3-7-18-14(13)17/h3,6-7,12H,4-5,8-9H2,1-2H3/b19-16-. The first-order valence-corrected chi connectivity index (χ1v) is 8.73. The Morgan fingerprint density at radius 1 is 1.57 bits per heavy atom. The number of carbonyl (C=O) groups excluding carboxylic acids is 1. The van der Waals surface area contributed by atoms with Crippen LogP contribution in [0.5, 0.6) is 0 Å². The number of ether oxygens (including phenoxy) is 1. The lowest BCUT2D eigenvalue weighted by Crippen LogP contribution is -2.25. The van der Waals surface area contributed by atoms with Gasteiger partial charge in [0.15, 0.2) is 4.80 Å². The van der Waals surface area contributed by atoms with Gasteiger partial charge >= 0.3 is 0 Å². The molecule has 5 nitrogen and oxygen atoms in total. The molecule has 1 aliphatic heterocycles. The van der Waals surface area contributed by atoms with Crippen molar-refractivity contribution in [2.75, 3.05) is 6.61 Å². The van der Waals surface area contributed by atoms with Crippen molar-refractivity contribution in [1.82, 2.24) is 9.55 Å². The fraction of sp³-hybridized carbons (Fsp3) is 0.438. The van der Waals surface area contributed by atoms with Crippen LogP contribution in [-0.2, 0) is 11.3 Å². The van der Waals surface area contributed by atoms with Gasteiger partial charge in [-0.15, -0.1) is 11.3 Å². The van der Waals surface area contributed by atoms with Crippen LogP contribution < -0.4 is 4.80 Å². The van der Waals surface area contributed by atoms with Gasteiger partial charge in [0.05, 0.1) is 18.2 Å². The summed E-state index contributed by atoms with van der Waals surface area (Å²) in [6.45, 7) is 5.61. The second-order valence-corrected chi connectivity index (χ2v) is 7.07. The van der Waals surface area contributed by atoms with E-state index in [1.54, 1.807) is 18.3 Å². The monoisotopic (exact) mass is 351 g/mol. The van der Waals surface area contributed by atoms with Crippen molar-refractivity contribution >= 4 is 28.8 Å². The minimum atomic E-state index is -0.370. The zero-order valence-corrected chi connectivity index (χ0v) is 14.7. The van der Waals surface area contributed by atoms with Gasteiger partial charge in [0.2, 0.25) is 0 Å². The molecule has 0 aliphatic carbocycles. The summed E-state index contributed by atoms with van der Waals surface area (Å²) in [6.07, 6.45) is 3.88. The van der Waals surface area contributed by atoms with E-state index in [4.69, 9.17) is 16.3 Å². The maximum Gasteiger partial charge on any atom is 0.282 e. The summed E-state index contributed by atoms with van der Waals surface area (Å²) in [6, 6.07) is 3.32. The molecule has 2 aromatic rings. The number of aryl methyl sites for hydroxylation is 1. The molecule has 1 unspecified atom stereocenters. The predicted octanol–water partition coefficient (Wildman–Crippen LogP) is 3.13. The Morgan fingerprint density at radius 3 is 3.09 bits per heavy atom.